The van der Waals surface area contributed by atoms with Gasteiger partial charge in [-0.2, -0.15) is 0 Å². The highest BCUT2D eigenvalue weighted by Gasteiger charge is 2.32. The van der Waals surface area contributed by atoms with E-state index < -0.39 is 11.6 Å². The van der Waals surface area contributed by atoms with Gasteiger partial charge >= 0.3 is 0 Å². The molecule has 3 heterocycles. The Bertz CT molecular complexity index is 942. The summed E-state index contributed by atoms with van der Waals surface area (Å²) in [4.78, 5) is 19.4. The Balaban J connectivity index is 1.40. The molecule has 2 N–H and O–H groups in total. The van der Waals surface area contributed by atoms with Gasteiger partial charge in [-0.15, -0.1) is 22.7 Å². The predicted octanol–water partition coefficient (Wildman–Crippen LogP) is 3.51. The molecule has 1 aliphatic heterocycles. The van der Waals surface area contributed by atoms with Crippen LogP contribution in [0, 0.1) is 11.6 Å². The van der Waals surface area contributed by atoms with Gasteiger partial charge in [0.25, 0.3) is 5.91 Å². The minimum atomic E-state index is -0.914. The number of thiophene rings is 1. The standard InChI is InChI=1S/C19H17F2N3OS2/c20-13-6-5-12(9-14(13)21)15-11-27-19(22-15)23-18(25)10-24-7-1-3-16(24)17-4-2-8-26-17/h2,4-6,8-9,11,16H,1,3,7,10H2,(H,22,23,25)/p+1/t16-/m1/s1. The summed E-state index contributed by atoms with van der Waals surface area (Å²) < 4.78 is 26.5. The lowest BCUT2D eigenvalue weighted by atomic mass is 10.2. The average Bonchev–Trinajstić information content (AvgIpc) is 3.38. The fourth-order valence-corrected chi connectivity index (χ4v) is 5.10. The number of anilines is 1. The van der Waals surface area contributed by atoms with Crippen molar-refractivity contribution in [1.82, 2.24) is 4.98 Å². The number of benzene rings is 1. The van der Waals surface area contributed by atoms with Crippen LogP contribution in [0.2, 0.25) is 0 Å². The van der Waals surface area contributed by atoms with Crippen LogP contribution in [0.25, 0.3) is 11.3 Å². The molecule has 1 aromatic carbocycles. The van der Waals surface area contributed by atoms with Crippen LogP contribution < -0.4 is 10.2 Å². The van der Waals surface area contributed by atoms with Crippen molar-refractivity contribution in [3.05, 3.63) is 57.6 Å². The molecule has 140 valence electrons. The zero-order chi connectivity index (χ0) is 18.8. The van der Waals surface area contributed by atoms with Gasteiger partial charge in [0, 0.05) is 23.8 Å². The van der Waals surface area contributed by atoms with Crippen molar-refractivity contribution >= 4 is 33.7 Å². The second kappa shape index (κ2) is 7.84. The molecule has 8 heteroatoms. The van der Waals surface area contributed by atoms with Crippen LogP contribution in [0.5, 0.6) is 0 Å². The molecular weight excluding hydrogens is 388 g/mol. The third kappa shape index (κ3) is 4.07. The highest BCUT2D eigenvalue weighted by Crippen LogP contribution is 2.26. The van der Waals surface area contributed by atoms with E-state index in [4.69, 9.17) is 0 Å². The maximum atomic E-state index is 13.4. The fraction of sp³-hybridized carbons (Fsp3) is 0.263. The van der Waals surface area contributed by atoms with Gasteiger partial charge in [-0.1, -0.05) is 6.07 Å². The van der Waals surface area contributed by atoms with E-state index in [0.29, 0.717) is 29.0 Å². The topological polar surface area (TPSA) is 46.4 Å². The van der Waals surface area contributed by atoms with Gasteiger partial charge in [-0.05, 0) is 29.6 Å². The quantitative estimate of drug-likeness (QED) is 0.681. The Morgan fingerprint density at radius 1 is 1.26 bits per heavy atom. The normalized spacial score (nSPS) is 19.3. The molecule has 1 amide bonds. The summed E-state index contributed by atoms with van der Waals surface area (Å²) in [5.41, 5.74) is 0.993. The summed E-state index contributed by atoms with van der Waals surface area (Å²) in [5, 5.41) is 7.09. The molecule has 3 aromatic rings. The van der Waals surface area contributed by atoms with Crippen molar-refractivity contribution in [3.8, 4) is 11.3 Å². The SMILES string of the molecule is O=C(C[NH+]1CCC[C@@H]1c1cccs1)Nc1nc(-c2ccc(F)c(F)c2)cs1. The number of hydrogen-bond donors (Lipinski definition) is 2. The third-order valence-corrected chi connectivity index (χ3v) is 6.47. The maximum Gasteiger partial charge on any atom is 0.281 e. The van der Waals surface area contributed by atoms with Crippen molar-refractivity contribution < 1.29 is 18.5 Å². The van der Waals surface area contributed by atoms with Gasteiger partial charge in [0.05, 0.1) is 17.1 Å². The molecular formula is C19H18F2N3OS2+. The molecule has 4 rings (SSSR count). The number of nitrogens with zero attached hydrogens (tertiary/aromatic N) is 1. The van der Waals surface area contributed by atoms with E-state index in [9.17, 15) is 13.6 Å². The van der Waals surface area contributed by atoms with Crippen LogP contribution in [0.1, 0.15) is 23.8 Å². The van der Waals surface area contributed by atoms with Crippen molar-refractivity contribution in [2.45, 2.75) is 18.9 Å². The van der Waals surface area contributed by atoms with E-state index >= 15 is 0 Å². The molecule has 0 spiro atoms. The Hall–Kier alpha value is -2.16. The number of carbonyl (C=O) groups is 1. The van der Waals surface area contributed by atoms with E-state index in [2.05, 4.69) is 21.7 Å². The lowest BCUT2D eigenvalue weighted by molar-refractivity contribution is -0.910. The van der Waals surface area contributed by atoms with Crippen molar-refractivity contribution in [1.29, 1.82) is 0 Å². The van der Waals surface area contributed by atoms with Crippen molar-refractivity contribution in [2.24, 2.45) is 0 Å². The van der Waals surface area contributed by atoms with Crippen LogP contribution in [-0.4, -0.2) is 24.0 Å². The minimum Gasteiger partial charge on any atom is -0.320 e. The lowest BCUT2D eigenvalue weighted by Crippen LogP contribution is -3.11. The first-order chi connectivity index (χ1) is 13.1. The highest BCUT2D eigenvalue weighted by molar-refractivity contribution is 7.14. The first kappa shape index (κ1) is 18.2. The van der Waals surface area contributed by atoms with Crippen LogP contribution in [0.15, 0.2) is 41.1 Å². The van der Waals surface area contributed by atoms with Crippen molar-refractivity contribution in [3.63, 3.8) is 0 Å². The lowest BCUT2D eigenvalue weighted by Gasteiger charge is -2.19. The number of thiazole rings is 1. The van der Waals surface area contributed by atoms with Crippen molar-refractivity contribution in [2.75, 3.05) is 18.4 Å². The monoisotopic (exact) mass is 406 g/mol. The summed E-state index contributed by atoms with van der Waals surface area (Å²) in [6.45, 7) is 1.37. The van der Waals surface area contributed by atoms with Gasteiger partial charge < -0.3 is 4.90 Å². The molecule has 1 fully saturated rings. The second-order valence-corrected chi connectivity index (χ2v) is 8.35. The van der Waals surface area contributed by atoms with Crippen LogP contribution in [-0.2, 0) is 4.79 Å². The molecule has 1 aliphatic rings. The highest BCUT2D eigenvalue weighted by atomic mass is 32.1. The zero-order valence-electron chi connectivity index (χ0n) is 14.4. The molecule has 2 atom stereocenters. The summed E-state index contributed by atoms with van der Waals surface area (Å²) >= 11 is 3.01. The molecule has 0 radical (unpaired) electrons. The fourth-order valence-electron chi connectivity index (χ4n) is 3.45. The van der Waals surface area contributed by atoms with E-state index in [1.165, 1.54) is 27.2 Å². The first-order valence-corrected chi connectivity index (χ1v) is 10.4. The number of hydrogen-bond acceptors (Lipinski definition) is 4. The van der Waals surface area contributed by atoms with Crippen LogP contribution in [0.4, 0.5) is 13.9 Å². The smallest absolute Gasteiger partial charge is 0.281 e. The Morgan fingerprint density at radius 3 is 2.93 bits per heavy atom. The summed E-state index contributed by atoms with van der Waals surface area (Å²) in [6.07, 6.45) is 2.21. The summed E-state index contributed by atoms with van der Waals surface area (Å²) in [5.74, 6) is -1.89. The predicted molar refractivity (Wildman–Crippen MR) is 103 cm³/mol. The van der Waals surface area contributed by atoms with Gasteiger partial charge in [0.2, 0.25) is 0 Å². The molecule has 4 nitrogen and oxygen atoms in total. The molecule has 1 unspecified atom stereocenters. The maximum absolute atomic E-state index is 13.4. The number of aromatic nitrogens is 1. The van der Waals surface area contributed by atoms with Gasteiger partial charge in [-0.25, -0.2) is 13.8 Å². The molecule has 0 aliphatic carbocycles. The number of nitrogens with one attached hydrogen (secondary N) is 2. The van der Waals surface area contributed by atoms with E-state index in [1.54, 1.807) is 16.7 Å². The molecule has 2 aromatic heterocycles. The van der Waals surface area contributed by atoms with E-state index in [-0.39, 0.29) is 5.91 Å². The number of amides is 1. The number of rotatable bonds is 5. The number of quaternary nitrogens is 1. The minimum absolute atomic E-state index is 0.0837. The van der Waals surface area contributed by atoms with Gasteiger partial charge in [0.1, 0.15) is 6.04 Å². The summed E-state index contributed by atoms with van der Waals surface area (Å²) in [7, 11) is 0. The zero-order valence-corrected chi connectivity index (χ0v) is 16.0. The Morgan fingerprint density at radius 2 is 2.15 bits per heavy atom. The number of likely N-dealkylation sites (tertiary alicyclic amines) is 1. The molecule has 1 saturated heterocycles. The molecule has 0 saturated carbocycles. The van der Waals surface area contributed by atoms with Gasteiger partial charge in [-0.3, -0.25) is 10.1 Å². The van der Waals surface area contributed by atoms with Crippen LogP contribution in [0.3, 0.4) is 0 Å². The van der Waals surface area contributed by atoms with Crippen LogP contribution >= 0.6 is 22.7 Å². The third-order valence-electron chi connectivity index (χ3n) is 4.72. The number of halogens is 2. The molecule has 27 heavy (non-hydrogen) atoms. The van der Waals surface area contributed by atoms with E-state index in [0.717, 1.165) is 31.5 Å². The van der Waals surface area contributed by atoms with E-state index in [1.807, 2.05) is 6.07 Å². The van der Waals surface area contributed by atoms with Gasteiger partial charge in [0.15, 0.2) is 23.3 Å². The Kier molecular flexibility index (Phi) is 5.29. The Labute approximate surface area is 163 Å². The second-order valence-electron chi connectivity index (χ2n) is 6.51. The largest absolute Gasteiger partial charge is 0.320 e. The summed E-state index contributed by atoms with van der Waals surface area (Å²) in [6, 6.07) is 8.21. The first-order valence-electron chi connectivity index (χ1n) is 8.69. The average molecular weight is 407 g/mol. The molecule has 0 bridgehead atoms. The number of carbonyl (C=O) groups excluding carboxylic acids is 1.